The van der Waals surface area contributed by atoms with Crippen molar-refractivity contribution in [1.82, 2.24) is 20.3 Å². The van der Waals surface area contributed by atoms with E-state index in [0.717, 1.165) is 17.5 Å². The van der Waals surface area contributed by atoms with Crippen molar-refractivity contribution in [2.45, 2.75) is 38.8 Å². The van der Waals surface area contributed by atoms with Gasteiger partial charge in [-0.3, -0.25) is 9.59 Å². The number of aryl methyl sites for hydroxylation is 1. The molecule has 1 fully saturated rings. The van der Waals surface area contributed by atoms with Gasteiger partial charge in [-0.15, -0.1) is 0 Å². The van der Waals surface area contributed by atoms with Crippen LogP contribution in [-0.2, 0) is 9.53 Å². The summed E-state index contributed by atoms with van der Waals surface area (Å²) in [5.41, 5.74) is 1.10. The molecule has 0 unspecified atom stereocenters. The zero-order chi connectivity index (χ0) is 20.4. The molecule has 9 heteroatoms. The van der Waals surface area contributed by atoms with Gasteiger partial charge >= 0.3 is 0 Å². The van der Waals surface area contributed by atoms with Crippen LogP contribution in [0.2, 0.25) is 0 Å². The topological polar surface area (TPSA) is 112 Å². The lowest BCUT2D eigenvalue weighted by Crippen LogP contribution is -2.40. The van der Waals surface area contributed by atoms with Crippen molar-refractivity contribution in [2.24, 2.45) is 0 Å². The van der Waals surface area contributed by atoms with E-state index < -0.39 is 11.6 Å². The maximum Gasteiger partial charge on any atom is 0.268 e. The van der Waals surface area contributed by atoms with Crippen molar-refractivity contribution in [3.63, 3.8) is 0 Å². The number of furan rings is 1. The van der Waals surface area contributed by atoms with Gasteiger partial charge in [-0.25, -0.2) is 4.68 Å². The Labute approximate surface area is 166 Å². The number of nitrogens with one attached hydrogen (secondary N) is 1. The first-order chi connectivity index (χ1) is 14.0. The molecular formula is C20H22N4O5. The van der Waals surface area contributed by atoms with Gasteiger partial charge < -0.3 is 19.0 Å². The highest BCUT2D eigenvalue weighted by molar-refractivity contribution is 5.80. The zero-order valence-electron chi connectivity index (χ0n) is 16.3. The second-order valence-corrected chi connectivity index (χ2v) is 7.06. The summed E-state index contributed by atoms with van der Waals surface area (Å²) in [6.45, 7) is 4.54. The molecule has 0 radical (unpaired) electrons. The Bertz CT molecular complexity index is 1050. The first-order valence-electron chi connectivity index (χ1n) is 9.53. The van der Waals surface area contributed by atoms with Crippen molar-refractivity contribution < 1.29 is 18.5 Å². The third kappa shape index (κ3) is 4.00. The molecule has 1 aliphatic rings. The first kappa shape index (κ1) is 19.1. The Morgan fingerprint density at radius 1 is 1.38 bits per heavy atom. The van der Waals surface area contributed by atoms with Crippen LogP contribution in [0, 0.1) is 6.92 Å². The largest absolute Gasteiger partial charge is 0.463 e. The molecule has 0 bridgehead atoms. The Balaban J connectivity index is 1.66. The van der Waals surface area contributed by atoms with E-state index in [9.17, 15) is 9.59 Å². The van der Waals surface area contributed by atoms with E-state index in [2.05, 4.69) is 15.6 Å². The van der Waals surface area contributed by atoms with Crippen LogP contribution in [0.25, 0.3) is 22.8 Å². The smallest absolute Gasteiger partial charge is 0.268 e. The average Bonchev–Trinajstić information content (AvgIpc) is 3.47. The van der Waals surface area contributed by atoms with Gasteiger partial charge in [0.05, 0.1) is 23.6 Å². The molecule has 0 aliphatic carbocycles. The Kier molecular flexibility index (Phi) is 5.30. The zero-order valence-corrected chi connectivity index (χ0v) is 16.3. The molecule has 3 aromatic rings. The van der Waals surface area contributed by atoms with E-state index in [1.165, 1.54) is 12.3 Å². The standard InChI is InChI=1S/C20H22N4O5/c1-12-9-17(29-23-12)15-10-18(25)24(22-19(15)16-6-4-8-28-16)13(2)20(26)21-11-14-5-3-7-27-14/h4,6,8-10,13-14H,3,5,7,11H2,1-2H3,(H,21,26)/t13-,14+/m1/s1. The number of hydrogen-bond donors (Lipinski definition) is 1. The number of ether oxygens (including phenoxy) is 1. The minimum atomic E-state index is -0.803. The number of amides is 1. The summed E-state index contributed by atoms with van der Waals surface area (Å²) >= 11 is 0. The summed E-state index contributed by atoms with van der Waals surface area (Å²) in [5.74, 6) is 0.555. The van der Waals surface area contributed by atoms with Gasteiger partial charge in [-0.05, 0) is 38.8 Å². The summed E-state index contributed by atoms with van der Waals surface area (Å²) in [6, 6.07) is 5.74. The third-order valence-electron chi connectivity index (χ3n) is 4.88. The highest BCUT2D eigenvalue weighted by Crippen LogP contribution is 2.30. The monoisotopic (exact) mass is 398 g/mol. The third-order valence-corrected chi connectivity index (χ3v) is 4.88. The fourth-order valence-corrected chi connectivity index (χ4v) is 3.30. The fraction of sp³-hybridized carbons (Fsp3) is 0.400. The molecule has 3 aromatic heterocycles. The summed E-state index contributed by atoms with van der Waals surface area (Å²) in [7, 11) is 0. The van der Waals surface area contributed by atoms with Crippen molar-refractivity contribution in [1.29, 1.82) is 0 Å². The van der Waals surface area contributed by atoms with E-state index in [0.29, 0.717) is 41.6 Å². The molecule has 0 saturated carbocycles. The number of nitrogens with zero attached hydrogens (tertiary/aromatic N) is 3. The molecule has 1 amide bonds. The van der Waals surface area contributed by atoms with Crippen LogP contribution in [0.15, 0.2) is 44.3 Å². The predicted octanol–water partition coefficient (Wildman–Crippen LogP) is 2.32. The highest BCUT2D eigenvalue weighted by Gasteiger charge is 2.24. The first-order valence-corrected chi connectivity index (χ1v) is 9.53. The summed E-state index contributed by atoms with van der Waals surface area (Å²) in [5, 5.41) is 11.1. The van der Waals surface area contributed by atoms with Gasteiger partial charge in [0.1, 0.15) is 11.7 Å². The summed E-state index contributed by atoms with van der Waals surface area (Å²) < 4.78 is 17.5. The SMILES string of the molecule is Cc1cc(-c2cc(=O)n([C@H](C)C(=O)NC[C@@H]3CCCO3)nc2-c2ccco2)on1. The normalized spacial score (nSPS) is 17.4. The van der Waals surface area contributed by atoms with E-state index in [1.807, 2.05) is 0 Å². The van der Waals surface area contributed by atoms with Gasteiger partial charge in [-0.1, -0.05) is 5.16 Å². The van der Waals surface area contributed by atoms with Crippen molar-refractivity contribution >= 4 is 5.91 Å². The highest BCUT2D eigenvalue weighted by atomic mass is 16.5. The molecular weight excluding hydrogens is 376 g/mol. The number of rotatable bonds is 6. The van der Waals surface area contributed by atoms with E-state index >= 15 is 0 Å². The fourth-order valence-electron chi connectivity index (χ4n) is 3.30. The van der Waals surface area contributed by atoms with Crippen LogP contribution in [0.4, 0.5) is 0 Å². The van der Waals surface area contributed by atoms with Gasteiger partial charge in [0, 0.05) is 25.3 Å². The molecule has 0 spiro atoms. The molecule has 4 rings (SSSR count). The quantitative estimate of drug-likeness (QED) is 0.678. The lowest BCUT2D eigenvalue weighted by molar-refractivity contribution is -0.124. The van der Waals surface area contributed by atoms with Crippen molar-refractivity contribution in [2.75, 3.05) is 13.2 Å². The van der Waals surface area contributed by atoms with Gasteiger partial charge in [0.15, 0.2) is 11.5 Å². The molecule has 1 N–H and O–H groups in total. The lowest BCUT2D eigenvalue weighted by atomic mass is 10.1. The van der Waals surface area contributed by atoms with E-state index in [1.54, 1.807) is 32.0 Å². The van der Waals surface area contributed by atoms with E-state index in [4.69, 9.17) is 13.7 Å². The van der Waals surface area contributed by atoms with Gasteiger partial charge in [-0.2, -0.15) is 5.10 Å². The van der Waals surface area contributed by atoms with Crippen LogP contribution in [0.1, 0.15) is 31.5 Å². The number of carbonyl (C=O) groups is 1. The Morgan fingerprint density at radius 2 is 2.24 bits per heavy atom. The van der Waals surface area contributed by atoms with Crippen LogP contribution < -0.4 is 10.9 Å². The number of aromatic nitrogens is 3. The molecule has 152 valence electrons. The number of carbonyl (C=O) groups excluding carboxylic acids is 1. The number of hydrogen-bond acceptors (Lipinski definition) is 7. The van der Waals surface area contributed by atoms with Crippen LogP contribution in [-0.4, -0.2) is 40.1 Å². The van der Waals surface area contributed by atoms with Crippen LogP contribution in [0.5, 0.6) is 0 Å². The molecule has 0 aromatic carbocycles. The lowest BCUT2D eigenvalue weighted by Gasteiger charge is -2.17. The van der Waals surface area contributed by atoms with Crippen molar-refractivity contribution in [3.05, 3.63) is 46.6 Å². The second-order valence-electron chi connectivity index (χ2n) is 7.06. The second kappa shape index (κ2) is 8.04. The van der Waals surface area contributed by atoms with Crippen LogP contribution in [0.3, 0.4) is 0 Å². The predicted molar refractivity (Wildman–Crippen MR) is 103 cm³/mol. The van der Waals surface area contributed by atoms with E-state index in [-0.39, 0.29) is 12.0 Å². The molecule has 9 nitrogen and oxygen atoms in total. The summed E-state index contributed by atoms with van der Waals surface area (Å²) in [6.07, 6.45) is 3.44. The minimum Gasteiger partial charge on any atom is -0.463 e. The van der Waals surface area contributed by atoms with Gasteiger partial charge in [0.2, 0.25) is 5.91 Å². The Hall–Kier alpha value is -3.20. The maximum absolute atomic E-state index is 12.8. The minimum absolute atomic E-state index is 0.0200. The Morgan fingerprint density at radius 3 is 2.90 bits per heavy atom. The maximum atomic E-state index is 12.8. The summed E-state index contributed by atoms with van der Waals surface area (Å²) in [4.78, 5) is 25.3. The van der Waals surface area contributed by atoms with Crippen molar-refractivity contribution in [3.8, 4) is 22.8 Å². The molecule has 1 aliphatic heterocycles. The van der Waals surface area contributed by atoms with Crippen LogP contribution >= 0.6 is 0 Å². The van der Waals surface area contributed by atoms with Gasteiger partial charge in [0.25, 0.3) is 5.56 Å². The average molecular weight is 398 g/mol. The molecule has 2 atom stereocenters. The molecule has 1 saturated heterocycles. The molecule has 4 heterocycles. The molecule has 29 heavy (non-hydrogen) atoms.